The van der Waals surface area contributed by atoms with Crippen molar-refractivity contribution in [3.8, 4) is 0 Å². The maximum Gasteiger partial charge on any atom is 0.221 e. The fraction of sp³-hybridized carbons (Fsp3) is 0.500. The first-order valence-electron chi connectivity index (χ1n) is 6.16. The second-order valence-electron chi connectivity index (χ2n) is 4.12. The second-order valence-corrected chi connectivity index (χ2v) is 5.32. The zero-order valence-corrected chi connectivity index (χ0v) is 11.6. The molecule has 0 spiro atoms. The van der Waals surface area contributed by atoms with Crippen LogP contribution < -0.4 is 0 Å². The van der Waals surface area contributed by atoms with Crippen molar-refractivity contribution in [1.29, 1.82) is 0 Å². The lowest BCUT2D eigenvalue weighted by atomic mass is 10.1. The molecule has 0 atom stereocenters. The van der Waals surface area contributed by atoms with E-state index in [0.29, 0.717) is 6.42 Å². The predicted octanol–water partition coefficient (Wildman–Crippen LogP) is 5.26. The highest BCUT2D eigenvalue weighted by atomic mass is 35.5. The van der Waals surface area contributed by atoms with Crippen molar-refractivity contribution in [3.05, 3.63) is 28.5 Å². The quantitative estimate of drug-likeness (QED) is 0.442. The first-order valence-corrected chi connectivity index (χ1v) is 7.48. The van der Waals surface area contributed by atoms with Crippen LogP contribution in [0.25, 0.3) is 6.08 Å². The van der Waals surface area contributed by atoms with E-state index in [0.717, 1.165) is 19.3 Å². The van der Waals surface area contributed by atoms with Gasteiger partial charge in [0.1, 0.15) is 0 Å². The number of hydrogen-bond acceptors (Lipinski definition) is 2. The number of carbonyl (C=O) groups excluding carboxylic acids is 1. The number of thiophene rings is 1. The van der Waals surface area contributed by atoms with Gasteiger partial charge in [-0.1, -0.05) is 31.4 Å². The third-order valence-electron chi connectivity index (χ3n) is 2.60. The number of unbranched alkanes of at least 4 members (excludes halogenated alkanes) is 5. The molecule has 0 saturated heterocycles. The van der Waals surface area contributed by atoms with Crippen LogP contribution >= 0.6 is 22.9 Å². The smallest absolute Gasteiger partial charge is 0.221 e. The van der Waals surface area contributed by atoms with Crippen molar-refractivity contribution < 1.29 is 4.79 Å². The summed E-state index contributed by atoms with van der Waals surface area (Å²) in [5, 5.41) is 4.04. The fourth-order valence-corrected chi connectivity index (χ4v) is 2.41. The summed E-state index contributed by atoms with van der Waals surface area (Å²) in [6, 6.07) is 2.13. The van der Waals surface area contributed by atoms with Crippen molar-refractivity contribution in [3.63, 3.8) is 0 Å². The Morgan fingerprint density at radius 1 is 1.24 bits per heavy atom. The molecular weight excluding hydrogens is 252 g/mol. The first-order chi connectivity index (χ1) is 8.29. The molecule has 1 nitrogen and oxygen atoms in total. The molecule has 94 valence electrons. The lowest BCUT2D eigenvalue weighted by molar-refractivity contribution is -0.111. The predicted molar refractivity (Wildman–Crippen MR) is 76.5 cm³/mol. The Bertz CT molecular complexity index is 330. The monoisotopic (exact) mass is 270 g/mol. The molecule has 0 aromatic carbocycles. The van der Waals surface area contributed by atoms with Crippen LogP contribution in [-0.4, -0.2) is 5.24 Å². The van der Waals surface area contributed by atoms with Gasteiger partial charge >= 0.3 is 0 Å². The molecule has 1 rings (SSSR count). The van der Waals surface area contributed by atoms with E-state index >= 15 is 0 Å². The third kappa shape index (κ3) is 8.17. The summed E-state index contributed by atoms with van der Waals surface area (Å²) >= 11 is 6.99. The van der Waals surface area contributed by atoms with Crippen LogP contribution in [0, 0.1) is 0 Å². The minimum atomic E-state index is -0.205. The van der Waals surface area contributed by atoms with Gasteiger partial charge in [-0.15, -0.1) is 0 Å². The summed E-state index contributed by atoms with van der Waals surface area (Å²) in [5.41, 5.74) is 1.30. The van der Waals surface area contributed by atoms with Gasteiger partial charge < -0.3 is 0 Å². The summed E-state index contributed by atoms with van der Waals surface area (Å²) in [5.74, 6) is 0. The lowest BCUT2D eigenvalue weighted by Crippen LogP contribution is -1.86. The van der Waals surface area contributed by atoms with Gasteiger partial charge in [-0.2, -0.15) is 11.3 Å². The SMILES string of the molecule is O=C(Cl)CCCCCCCC=Cc1ccsc1. The Hall–Kier alpha value is -0.600. The average molecular weight is 271 g/mol. The zero-order chi connectivity index (χ0) is 12.3. The molecule has 0 aliphatic carbocycles. The van der Waals surface area contributed by atoms with E-state index in [2.05, 4.69) is 29.0 Å². The van der Waals surface area contributed by atoms with Crippen LogP contribution in [-0.2, 0) is 4.79 Å². The molecule has 1 heterocycles. The Morgan fingerprint density at radius 3 is 2.71 bits per heavy atom. The zero-order valence-electron chi connectivity index (χ0n) is 10.0. The molecule has 17 heavy (non-hydrogen) atoms. The standard InChI is InChI=1S/C14H19ClOS/c15-14(16)9-7-5-3-1-2-4-6-8-13-10-11-17-12-13/h6,8,10-12H,1-5,7,9H2. The molecule has 0 radical (unpaired) electrons. The van der Waals surface area contributed by atoms with Crippen LogP contribution in [0.15, 0.2) is 22.9 Å². The van der Waals surface area contributed by atoms with Crippen molar-refractivity contribution in [2.75, 3.05) is 0 Å². The highest BCUT2D eigenvalue weighted by Gasteiger charge is 1.95. The van der Waals surface area contributed by atoms with Gasteiger partial charge in [0.15, 0.2) is 0 Å². The van der Waals surface area contributed by atoms with Gasteiger partial charge in [0.05, 0.1) is 0 Å². The van der Waals surface area contributed by atoms with E-state index in [4.69, 9.17) is 11.6 Å². The molecule has 0 amide bonds. The van der Waals surface area contributed by atoms with Gasteiger partial charge in [-0.3, -0.25) is 4.79 Å². The molecule has 3 heteroatoms. The van der Waals surface area contributed by atoms with Crippen LogP contribution in [0.1, 0.15) is 50.5 Å². The number of rotatable bonds is 9. The Balaban J connectivity index is 1.89. The molecule has 0 N–H and O–H groups in total. The molecule has 0 unspecified atom stereocenters. The molecule has 0 fully saturated rings. The van der Waals surface area contributed by atoms with Crippen LogP contribution in [0.2, 0.25) is 0 Å². The van der Waals surface area contributed by atoms with E-state index in [1.807, 2.05) is 0 Å². The van der Waals surface area contributed by atoms with Crippen LogP contribution in [0.3, 0.4) is 0 Å². The molecule has 0 aliphatic heterocycles. The number of hydrogen-bond donors (Lipinski definition) is 0. The normalized spacial score (nSPS) is 11.1. The first kappa shape index (κ1) is 14.5. The Labute approximate surface area is 112 Å². The van der Waals surface area contributed by atoms with Crippen LogP contribution in [0.5, 0.6) is 0 Å². The summed E-state index contributed by atoms with van der Waals surface area (Å²) in [6.07, 6.45) is 11.8. The Kier molecular flexibility index (Phi) is 8.02. The molecule has 0 aliphatic rings. The van der Waals surface area contributed by atoms with E-state index in [-0.39, 0.29) is 5.24 Å². The van der Waals surface area contributed by atoms with Crippen LogP contribution in [0.4, 0.5) is 0 Å². The fourth-order valence-electron chi connectivity index (χ4n) is 1.65. The van der Waals surface area contributed by atoms with Crippen molar-refractivity contribution >= 4 is 34.3 Å². The van der Waals surface area contributed by atoms with Crippen molar-refractivity contribution in [2.45, 2.75) is 44.9 Å². The summed E-state index contributed by atoms with van der Waals surface area (Å²) in [6.45, 7) is 0. The summed E-state index contributed by atoms with van der Waals surface area (Å²) < 4.78 is 0. The van der Waals surface area contributed by atoms with E-state index in [9.17, 15) is 4.79 Å². The average Bonchev–Trinajstić information content (AvgIpc) is 2.79. The largest absolute Gasteiger partial charge is 0.281 e. The van der Waals surface area contributed by atoms with Gasteiger partial charge in [0.25, 0.3) is 0 Å². The maximum absolute atomic E-state index is 10.5. The van der Waals surface area contributed by atoms with Gasteiger partial charge in [-0.05, 0) is 53.3 Å². The molecule has 0 saturated carbocycles. The Morgan fingerprint density at radius 2 is 2.00 bits per heavy atom. The van der Waals surface area contributed by atoms with Gasteiger partial charge in [0.2, 0.25) is 5.24 Å². The van der Waals surface area contributed by atoms with Crippen molar-refractivity contribution in [2.24, 2.45) is 0 Å². The topological polar surface area (TPSA) is 17.1 Å². The van der Waals surface area contributed by atoms with Gasteiger partial charge in [-0.25, -0.2) is 0 Å². The maximum atomic E-state index is 10.5. The minimum Gasteiger partial charge on any atom is -0.281 e. The third-order valence-corrected chi connectivity index (χ3v) is 3.49. The number of allylic oxidation sites excluding steroid dienone is 1. The molecule has 0 bridgehead atoms. The molecule has 1 aromatic heterocycles. The molecular formula is C14H19ClOS. The van der Waals surface area contributed by atoms with E-state index < -0.39 is 0 Å². The lowest BCUT2D eigenvalue weighted by Gasteiger charge is -1.97. The minimum absolute atomic E-state index is 0.205. The summed E-state index contributed by atoms with van der Waals surface area (Å²) in [7, 11) is 0. The van der Waals surface area contributed by atoms with E-state index in [1.165, 1.54) is 24.8 Å². The van der Waals surface area contributed by atoms with Gasteiger partial charge in [0, 0.05) is 6.42 Å². The van der Waals surface area contributed by atoms with Crippen molar-refractivity contribution in [1.82, 2.24) is 0 Å². The number of carbonyl (C=O) groups is 1. The highest BCUT2D eigenvalue weighted by Crippen LogP contribution is 2.11. The highest BCUT2D eigenvalue weighted by molar-refractivity contribution is 7.08. The second kappa shape index (κ2) is 9.43. The van der Waals surface area contributed by atoms with E-state index in [1.54, 1.807) is 11.3 Å². The number of halogens is 1. The summed E-state index contributed by atoms with van der Waals surface area (Å²) in [4.78, 5) is 10.5. The molecule has 1 aromatic rings.